The van der Waals surface area contributed by atoms with Gasteiger partial charge >= 0.3 is 24.7 Å². The highest BCUT2D eigenvalue weighted by atomic mass is 32.2. The van der Waals surface area contributed by atoms with E-state index in [4.69, 9.17) is 0 Å². The van der Waals surface area contributed by atoms with Gasteiger partial charge in [0.25, 0.3) is 0 Å². The van der Waals surface area contributed by atoms with E-state index in [-0.39, 0.29) is 33.4 Å². The molecular weight excluding hydrogens is 807 g/mol. The van der Waals surface area contributed by atoms with E-state index in [9.17, 15) is 61.7 Å². The quantitative estimate of drug-likeness (QED) is 0.0695. The lowest BCUT2D eigenvalue weighted by atomic mass is 9.13. The molecule has 6 aromatic rings. The van der Waals surface area contributed by atoms with Crippen LogP contribution in [0.3, 0.4) is 0 Å². The summed E-state index contributed by atoms with van der Waals surface area (Å²) in [5, 5.41) is 2.15. The molecule has 0 N–H and O–H groups in total. The monoisotopic (exact) mass is 838 g/mol. The molecule has 0 fully saturated rings. The average molecular weight is 839 g/mol. The van der Waals surface area contributed by atoms with E-state index in [1.807, 2.05) is 36.4 Å². The lowest BCUT2D eigenvalue weighted by Gasteiger charge is -2.44. The molecule has 2 nitrogen and oxygen atoms in total. The summed E-state index contributed by atoms with van der Waals surface area (Å²) >= 11 is 0. The Kier molecular flexibility index (Phi) is 12.1. The van der Waals surface area contributed by atoms with Crippen LogP contribution in [0.5, 0.6) is 0 Å². The van der Waals surface area contributed by atoms with Gasteiger partial charge in [0, 0.05) is 5.56 Å². The molecule has 0 radical (unpaired) electrons. The van der Waals surface area contributed by atoms with Crippen molar-refractivity contribution >= 4 is 54.5 Å². The maximum absolute atomic E-state index is 13.3. The molecule has 0 aliphatic heterocycles. The summed E-state index contributed by atoms with van der Waals surface area (Å²) in [6, 6.07) is 27.0. The van der Waals surface area contributed by atoms with E-state index < -0.39 is 63.0 Å². The molecule has 0 saturated carbocycles. The summed E-state index contributed by atoms with van der Waals surface area (Å²) in [7, 11) is -2.02. The van der Waals surface area contributed by atoms with Crippen LogP contribution in [-0.2, 0) is 38.8 Å². The van der Waals surface area contributed by atoms with E-state index >= 15 is 0 Å². The third-order valence-electron chi connectivity index (χ3n) is 9.50. The van der Waals surface area contributed by atoms with Crippen molar-refractivity contribution in [2.75, 3.05) is 18.3 Å². The SMILES string of the molecule is C[S+](C)(=O)CC(=O)c1ccc2ccccc2c1.FC(F)(F)c1ccc([B-](c2ccc(C(F)(F)F)cc2)(c2ccc(C(F)(F)F)cc2)c2ccc(C(F)(F)F)cc2)cc1. The Hall–Kier alpha value is -5.38. The Morgan fingerprint density at radius 1 is 0.448 bits per heavy atom. The summed E-state index contributed by atoms with van der Waals surface area (Å²) < 4.78 is 172. The predicted molar refractivity (Wildman–Crippen MR) is 203 cm³/mol. The highest BCUT2D eigenvalue weighted by Gasteiger charge is 2.38. The Labute approximate surface area is 325 Å². The van der Waals surface area contributed by atoms with Crippen molar-refractivity contribution in [1.82, 2.24) is 0 Å². The minimum absolute atomic E-state index is 0.0114. The van der Waals surface area contributed by atoms with Gasteiger partial charge < -0.3 is 0 Å². The van der Waals surface area contributed by atoms with Crippen molar-refractivity contribution in [1.29, 1.82) is 0 Å². The van der Waals surface area contributed by atoms with Crippen molar-refractivity contribution in [2.45, 2.75) is 24.7 Å². The molecule has 6 rings (SSSR count). The molecule has 0 spiro atoms. The Bertz CT molecular complexity index is 2180. The molecule has 0 atom stereocenters. The lowest BCUT2D eigenvalue weighted by Crippen LogP contribution is -2.74. The van der Waals surface area contributed by atoms with Gasteiger partial charge in [-0.25, -0.2) is 0 Å². The summed E-state index contributed by atoms with van der Waals surface area (Å²) in [6.45, 7) is 0. The highest BCUT2D eigenvalue weighted by Crippen LogP contribution is 2.32. The molecule has 58 heavy (non-hydrogen) atoms. The summed E-state index contributed by atoms with van der Waals surface area (Å²) in [4.78, 5) is 11.9. The number of fused-ring (bicyclic) bond motifs is 1. The van der Waals surface area contributed by atoms with Crippen LogP contribution in [-0.4, -0.2) is 30.2 Å². The van der Waals surface area contributed by atoms with Crippen molar-refractivity contribution < 1.29 is 61.7 Å². The predicted octanol–water partition coefficient (Wildman–Crippen LogP) is 9.92. The number of hydrogen-bond acceptors (Lipinski definition) is 2. The molecule has 16 heteroatoms. The normalized spacial score (nSPS) is 12.9. The fourth-order valence-corrected chi connectivity index (χ4v) is 7.56. The second-order valence-electron chi connectivity index (χ2n) is 13.9. The molecule has 0 aliphatic carbocycles. The van der Waals surface area contributed by atoms with Gasteiger partial charge in [0.1, 0.15) is 18.7 Å². The summed E-state index contributed by atoms with van der Waals surface area (Å²) in [5.74, 6) is 0.0662. The first-order chi connectivity index (χ1) is 26.8. The van der Waals surface area contributed by atoms with Gasteiger partial charge in [-0.1, -0.05) is 133 Å². The van der Waals surface area contributed by atoms with E-state index in [2.05, 4.69) is 0 Å². The first-order valence-corrected chi connectivity index (χ1v) is 19.6. The van der Waals surface area contributed by atoms with E-state index in [1.165, 1.54) is 0 Å². The van der Waals surface area contributed by atoms with E-state index in [0.717, 1.165) is 59.3 Å². The molecule has 0 aliphatic rings. The van der Waals surface area contributed by atoms with Crippen LogP contribution < -0.4 is 21.9 Å². The number of rotatable bonds is 7. The van der Waals surface area contributed by atoms with E-state index in [1.54, 1.807) is 18.6 Å². The van der Waals surface area contributed by atoms with Gasteiger partial charge in [-0.3, -0.25) is 4.79 Å². The van der Waals surface area contributed by atoms with Crippen LogP contribution >= 0.6 is 0 Å². The van der Waals surface area contributed by atoms with Crippen molar-refractivity contribution in [3.8, 4) is 0 Å². The largest absolute Gasteiger partial charge is 0.416 e. The first-order valence-electron chi connectivity index (χ1n) is 17.1. The second kappa shape index (κ2) is 16.1. The third kappa shape index (κ3) is 10.0. The minimum atomic E-state index is -4.77. The molecule has 0 unspecified atom stereocenters. The molecule has 304 valence electrons. The standard InChI is InChI=1S/C28H16BF12.C14H15O2S/c30-25(31,32)17-1-9-21(10-2-17)29(22-11-3-18(4-12-22)26(33,34)35,23-13-5-19(6-14-23)27(36,37)38)24-15-7-20(8-16-24)28(39,40)41;1-17(2,16)10-14(15)13-8-7-11-5-3-4-6-12(11)9-13/h1-16H;3-9H,10H2,1-2H3/q-1;+1. The fourth-order valence-electron chi connectivity index (χ4n) is 6.76. The van der Waals surface area contributed by atoms with Gasteiger partial charge in [0.2, 0.25) is 5.78 Å². The number of Topliss-reactive ketones (excluding diaryl/α,β-unsaturated/α-hetero) is 1. The van der Waals surface area contributed by atoms with Crippen molar-refractivity contribution in [3.63, 3.8) is 0 Å². The summed E-state index contributed by atoms with van der Waals surface area (Å²) in [5.41, 5.74) is -3.66. The van der Waals surface area contributed by atoms with Gasteiger partial charge in [0.15, 0.2) is 5.75 Å². The van der Waals surface area contributed by atoms with Crippen LogP contribution in [0.2, 0.25) is 0 Å². The minimum Gasteiger partial charge on any atom is -0.289 e. The second-order valence-corrected chi connectivity index (χ2v) is 17.1. The number of alkyl halides is 12. The van der Waals surface area contributed by atoms with Gasteiger partial charge in [-0.05, 0) is 16.8 Å². The van der Waals surface area contributed by atoms with E-state index in [0.29, 0.717) is 54.1 Å². The number of carbonyl (C=O) groups excluding carboxylic acids is 1. The third-order valence-corrected chi connectivity index (χ3v) is 10.5. The summed E-state index contributed by atoms with van der Waals surface area (Å²) in [6.07, 6.45) is -18.8. The molecule has 0 aromatic heterocycles. The number of halogens is 12. The van der Waals surface area contributed by atoms with Crippen molar-refractivity contribution in [3.05, 3.63) is 167 Å². The number of benzene rings is 6. The average Bonchev–Trinajstić information content (AvgIpc) is 3.14. The first kappa shape index (κ1) is 43.7. The molecule has 0 bridgehead atoms. The van der Waals surface area contributed by atoms with Crippen LogP contribution in [0.25, 0.3) is 10.8 Å². The fraction of sp³-hybridized carbons (Fsp3) is 0.167. The molecular formula is C42H31BF12O2S. The van der Waals surface area contributed by atoms with Gasteiger partial charge in [-0.15, -0.1) is 4.21 Å². The van der Waals surface area contributed by atoms with Crippen LogP contribution in [0.15, 0.2) is 140 Å². The van der Waals surface area contributed by atoms with Crippen LogP contribution in [0, 0.1) is 0 Å². The zero-order valence-electron chi connectivity index (χ0n) is 30.3. The number of ketones is 1. The molecule has 0 heterocycles. The molecule has 0 saturated heterocycles. The zero-order chi connectivity index (χ0) is 42.9. The van der Waals surface area contributed by atoms with Crippen LogP contribution in [0.4, 0.5) is 52.7 Å². The van der Waals surface area contributed by atoms with Gasteiger partial charge in [0.05, 0.1) is 32.2 Å². The maximum atomic E-state index is 13.3. The highest BCUT2D eigenvalue weighted by molar-refractivity contribution is 8.02. The molecule has 6 aromatic carbocycles. The van der Waals surface area contributed by atoms with Crippen molar-refractivity contribution in [2.24, 2.45) is 0 Å². The number of hydrogen-bond donors (Lipinski definition) is 0. The zero-order valence-corrected chi connectivity index (χ0v) is 31.1. The van der Waals surface area contributed by atoms with Crippen LogP contribution in [0.1, 0.15) is 32.6 Å². The Morgan fingerprint density at radius 2 is 0.741 bits per heavy atom. The Balaban J connectivity index is 0.000000313. The lowest BCUT2D eigenvalue weighted by molar-refractivity contribution is -0.138. The Morgan fingerprint density at radius 3 is 1.02 bits per heavy atom. The molecule has 0 amide bonds. The smallest absolute Gasteiger partial charge is 0.289 e. The topological polar surface area (TPSA) is 34.1 Å². The number of carbonyl (C=O) groups is 1. The maximum Gasteiger partial charge on any atom is 0.416 e. The van der Waals surface area contributed by atoms with Gasteiger partial charge in [-0.2, -0.15) is 74.5 Å².